The predicted molar refractivity (Wildman–Crippen MR) is 107 cm³/mol. The fraction of sp³-hybridized carbons (Fsp3) is 0.0909. The molecule has 0 spiro atoms. The summed E-state index contributed by atoms with van der Waals surface area (Å²) in [6.07, 6.45) is -0.264. The van der Waals surface area contributed by atoms with Gasteiger partial charge in [-0.25, -0.2) is 0 Å². The van der Waals surface area contributed by atoms with E-state index in [0.717, 1.165) is 33.9 Å². The van der Waals surface area contributed by atoms with Crippen LogP contribution in [0, 0.1) is 0 Å². The first-order valence-corrected chi connectivity index (χ1v) is 8.77. The minimum absolute atomic E-state index is 0.132. The second-order valence-electron chi connectivity index (χ2n) is 6.41. The maximum Gasteiger partial charge on any atom is 0.160 e. The van der Waals surface area contributed by atoms with E-state index in [2.05, 4.69) is 47.0 Å². The molecule has 2 aliphatic heterocycles. The summed E-state index contributed by atoms with van der Waals surface area (Å²) < 4.78 is 0. The van der Waals surface area contributed by atoms with E-state index in [0.29, 0.717) is 0 Å². The van der Waals surface area contributed by atoms with Gasteiger partial charge in [0.05, 0.1) is 22.8 Å². The Hall–Kier alpha value is -3.40. The van der Waals surface area contributed by atoms with Gasteiger partial charge in [0.2, 0.25) is 0 Å². The number of para-hydroxylation sites is 2. The van der Waals surface area contributed by atoms with E-state index in [1.165, 1.54) is 0 Å². The Morgan fingerprint density at radius 2 is 0.885 bits per heavy atom. The SMILES string of the molecule is c1ccc(C2=N[C@H]3Nc4ccccc4N[C@@H]3N=C2c2ccccc2)cc1. The molecular formula is C22H18N4. The minimum atomic E-state index is -0.132. The number of aliphatic imine (C=N–C) groups is 2. The molecule has 0 aliphatic carbocycles. The van der Waals surface area contributed by atoms with Crippen LogP contribution in [0.5, 0.6) is 0 Å². The molecule has 2 N–H and O–H groups in total. The third-order valence-corrected chi connectivity index (χ3v) is 4.69. The maximum atomic E-state index is 5.04. The van der Waals surface area contributed by atoms with E-state index in [-0.39, 0.29) is 12.3 Å². The lowest BCUT2D eigenvalue weighted by Crippen LogP contribution is -2.45. The van der Waals surface area contributed by atoms with E-state index in [1.807, 2.05) is 48.5 Å². The van der Waals surface area contributed by atoms with Crippen LogP contribution in [0.3, 0.4) is 0 Å². The molecule has 0 saturated carbocycles. The first kappa shape index (κ1) is 14.9. The largest absolute Gasteiger partial charge is 0.359 e. The standard InChI is InChI=1S/C22H18N4/c1-3-9-15(10-4-1)19-20(16-11-5-2-6-12-16)26-22-21(25-19)23-17-13-7-8-14-18(17)24-22/h1-14,21-24H/t21-,22-/m1/s1. The zero-order valence-electron chi connectivity index (χ0n) is 14.1. The average molecular weight is 338 g/mol. The van der Waals surface area contributed by atoms with Gasteiger partial charge in [0.25, 0.3) is 0 Å². The number of nitrogens with one attached hydrogen (secondary N) is 2. The van der Waals surface area contributed by atoms with Crippen molar-refractivity contribution in [2.75, 3.05) is 10.6 Å². The highest BCUT2D eigenvalue weighted by Crippen LogP contribution is 2.31. The Balaban J connectivity index is 1.63. The summed E-state index contributed by atoms with van der Waals surface area (Å²) in [6, 6.07) is 28.7. The molecular weight excluding hydrogens is 320 g/mol. The van der Waals surface area contributed by atoms with Crippen molar-refractivity contribution in [2.45, 2.75) is 12.3 Å². The van der Waals surface area contributed by atoms with Gasteiger partial charge in [-0.3, -0.25) is 9.98 Å². The molecule has 3 aromatic rings. The highest BCUT2D eigenvalue weighted by molar-refractivity contribution is 6.54. The minimum Gasteiger partial charge on any atom is -0.359 e. The molecule has 0 aromatic heterocycles. The summed E-state index contributed by atoms with van der Waals surface area (Å²) >= 11 is 0. The van der Waals surface area contributed by atoms with Crippen LogP contribution in [0.1, 0.15) is 11.1 Å². The van der Waals surface area contributed by atoms with Gasteiger partial charge >= 0.3 is 0 Å². The van der Waals surface area contributed by atoms with Crippen molar-refractivity contribution < 1.29 is 0 Å². The number of hydrogen-bond acceptors (Lipinski definition) is 4. The van der Waals surface area contributed by atoms with Crippen LogP contribution < -0.4 is 10.6 Å². The van der Waals surface area contributed by atoms with Crippen LogP contribution in [0.4, 0.5) is 11.4 Å². The van der Waals surface area contributed by atoms with Crippen molar-refractivity contribution in [3.05, 3.63) is 96.1 Å². The van der Waals surface area contributed by atoms with Gasteiger partial charge < -0.3 is 10.6 Å². The number of hydrogen-bond donors (Lipinski definition) is 2. The van der Waals surface area contributed by atoms with Crippen LogP contribution in [0.2, 0.25) is 0 Å². The summed E-state index contributed by atoms with van der Waals surface area (Å²) in [5.74, 6) is 0. The van der Waals surface area contributed by atoms with Crippen molar-refractivity contribution in [3.63, 3.8) is 0 Å². The van der Waals surface area contributed by atoms with Crippen LogP contribution in [-0.4, -0.2) is 23.8 Å². The quantitative estimate of drug-likeness (QED) is 0.737. The molecule has 0 radical (unpaired) electrons. The third-order valence-electron chi connectivity index (χ3n) is 4.69. The molecule has 2 aliphatic rings. The number of anilines is 2. The first-order chi connectivity index (χ1) is 12.9. The van der Waals surface area contributed by atoms with Gasteiger partial charge in [0, 0.05) is 11.1 Å². The Kier molecular flexibility index (Phi) is 3.53. The maximum absolute atomic E-state index is 5.04. The molecule has 0 amide bonds. The topological polar surface area (TPSA) is 48.8 Å². The lowest BCUT2D eigenvalue weighted by molar-refractivity contribution is 0.615. The molecule has 0 unspecified atom stereocenters. The molecule has 4 heteroatoms. The van der Waals surface area contributed by atoms with Gasteiger partial charge in [-0.1, -0.05) is 72.8 Å². The van der Waals surface area contributed by atoms with Crippen LogP contribution in [-0.2, 0) is 0 Å². The van der Waals surface area contributed by atoms with Gasteiger partial charge in [-0.05, 0) is 12.1 Å². The molecule has 5 rings (SSSR count). The van der Waals surface area contributed by atoms with Crippen molar-refractivity contribution >= 4 is 22.8 Å². The fourth-order valence-electron chi connectivity index (χ4n) is 3.43. The normalized spacial score (nSPS) is 20.6. The molecule has 26 heavy (non-hydrogen) atoms. The Morgan fingerprint density at radius 1 is 0.500 bits per heavy atom. The second-order valence-corrected chi connectivity index (χ2v) is 6.41. The van der Waals surface area contributed by atoms with Crippen molar-refractivity contribution in [1.29, 1.82) is 0 Å². The lowest BCUT2D eigenvalue weighted by atomic mass is 9.97. The molecule has 4 nitrogen and oxygen atoms in total. The van der Waals surface area contributed by atoms with Crippen molar-refractivity contribution in [3.8, 4) is 0 Å². The summed E-state index contributed by atoms with van der Waals surface area (Å²) in [5.41, 5.74) is 6.12. The molecule has 0 fully saturated rings. The number of nitrogens with zero attached hydrogens (tertiary/aromatic N) is 2. The summed E-state index contributed by atoms with van der Waals surface area (Å²) in [7, 11) is 0. The van der Waals surface area contributed by atoms with E-state index < -0.39 is 0 Å². The summed E-state index contributed by atoms with van der Waals surface area (Å²) in [6.45, 7) is 0. The van der Waals surface area contributed by atoms with E-state index in [9.17, 15) is 0 Å². The molecule has 126 valence electrons. The third kappa shape index (κ3) is 2.56. The highest BCUT2D eigenvalue weighted by Gasteiger charge is 2.32. The van der Waals surface area contributed by atoms with Gasteiger partial charge in [0.15, 0.2) is 12.3 Å². The lowest BCUT2D eigenvalue weighted by Gasteiger charge is -2.35. The van der Waals surface area contributed by atoms with Crippen LogP contribution in [0.15, 0.2) is 94.9 Å². The van der Waals surface area contributed by atoms with Crippen molar-refractivity contribution in [1.82, 2.24) is 0 Å². The predicted octanol–water partition coefficient (Wildman–Crippen LogP) is 4.17. The summed E-state index contributed by atoms with van der Waals surface area (Å²) in [5, 5.41) is 7.03. The Morgan fingerprint density at radius 3 is 1.31 bits per heavy atom. The second kappa shape index (κ2) is 6.15. The van der Waals surface area contributed by atoms with E-state index in [4.69, 9.17) is 9.98 Å². The van der Waals surface area contributed by atoms with Gasteiger partial charge in [-0.2, -0.15) is 0 Å². The monoisotopic (exact) mass is 338 g/mol. The number of fused-ring (bicyclic) bond motifs is 2. The van der Waals surface area contributed by atoms with Crippen LogP contribution >= 0.6 is 0 Å². The average Bonchev–Trinajstić information content (AvgIpc) is 2.72. The van der Waals surface area contributed by atoms with Gasteiger partial charge in [0.1, 0.15) is 0 Å². The van der Waals surface area contributed by atoms with E-state index >= 15 is 0 Å². The van der Waals surface area contributed by atoms with Crippen LogP contribution in [0.25, 0.3) is 0 Å². The molecule has 0 bridgehead atoms. The zero-order chi connectivity index (χ0) is 17.3. The zero-order valence-corrected chi connectivity index (χ0v) is 14.1. The number of benzene rings is 3. The fourth-order valence-corrected chi connectivity index (χ4v) is 3.43. The molecule has 2 atom stereocenters. The first-order valence-electron chi connectivity index (χ1n) is 8.77. The molecule has 3 aromatic carbocycles. The molecule has 0 saturated heterocycles. The Bertz CT molecular complexity index is 910. The smallest absolute Gasteiger partial charge is 0.160 e. The Labute approximate surface area is 152 Å². The highest BCUT2D eigenvalue weighted by atomic mass is 15.3. The van der Waals surface area contributed by atoms with E-state index in [1.54, 1.807) is 0 Å². The molecule has 2 heterocycles. The number of rotatable bonds is 2. The van der Waals surface area contributed by atoms with Crippen molar-refractivity contribution in [2.24, 2.45) is 9.98 Å². The summed E-state index contributed by atoms with van der Waals surface area (Å²) in [4.78, 5) is 10.1. The van der Waals surface area contributed by atoms with Gasteiger partial charge in [-0.15, -0.1) is 0 Å².